The molecule has 0 N–H and O–H groups in total. The van der Waals surface area contributed by atoms with Crippen LogP contribution in [0.3, 0.4) is 0 Å². The van der Waals surface area contributed by atoms with Crippen LogP contribution in [0.15, 0.2) is 38.0 Å². The van der Waals surface area contributed by atoms with E-state index in [0.717, 1.165) is 13.3 Å². The van der Waals surface area contributed by atoms with Crippen LogP contribution in [-0.2, 0) is 0 Å². The van der Waals surface area contributed by atoms with E-state index in [1.54, 1.807) is 0 Å². The quantitative estimate of drug-likeness (QED) is 0.394. The molecule has 0 nitrogen and oxygen atoms in total. The van der Waals surface area contributed by atoms with E-state index >= 15 is 0 Å². The summed E-state index contributed by atoms with van der Waals surface area (Å²) in [6, 6.07) is 0. The van der Waals surface area contributed by atoms with Crippen LogP contribution in [-0.4, -0.2) is 18.4 Å². The van der Waals surface area contributed by atoms with Crippen molar-refractivity contribution in [3.63, 3.8) is 0 Å². The maximum absolute atomic E-state index is 5.57. The van der Waals surface area contributed by atoms with Crippen LogP contribution in [0.5, 0.6) is 0 Å². The van der Waals surface area contributed by atoms with E-state index < -0.39 is 18.4 Å². The first-order valence-corrected chi connectivity index (χ1v) is 11.5. The first-order chi connectivity index (χ1) is 5.74. The average Bonchev–Trinajstić information content (AvgIpc) is 2.06. The molecule has 0 aliphatic carbocycles. The topological polar surface area (TPSA) is 0 Å². The molecule has 0 fully saturated rings. The number of hydrogen-bond donors (Lipinski definition) is 0. The summed E-state index contributed by atoms with van der Waals surface area (Å²) in [5.41, 5.74) is 0. The molecule has 0 heterocycles. The molecule has 0 radical (unpaired) electrons. The minimum absolute atomic E-state index is 1.03. The summed E-state index contributed by atoms with van der Waals surface area (Å²) in [5, 5.41) is 0. The van der Waals surface area contributed by atoms with Gasteiger partial charge in [0.05, 0.1) is 0 Å². The van der Waals surface area contributed by atoms with Crippen LogP contribution < -0.4 is 0 Å². The second-order valence-corrected chi connectivity index (χ2v) is 14.5. The van der Waals surface area contributed by atoms with Crippen molar-refractivity contribution in [2.75, 3.05) is 0 Å². The predicted molar refractivity (Wildman–Crippen MR) is 59.6 cm³/mol. The zero-order valence-electron chi connectivity index (χ0n) is 7.55. The van der Waals surface area contributed by atoms with Gasteiger partial charge in [-0.25, -0.2) is 0 Å². The number of hydrogen-bond acceptors (Lipinski definition) is 0. The van der Waals surface area contributed by atoms with Crippen LogP contribution >= 0.6 is 0 Å². The Hall–Kier alpha value is -0.421. The van der Waals surface area contributed by atoms with Gasteiger partial charge in [-0.05, 0) is 0 Å². The average molecular weight is 267 g/mol. The second kappa shape index (κ2) is 6.13. The standard InChI is InChI=1S/3C3H5.C2H.Sn/c3*1-3-2;1-2;/h3*3H,1-2H2;1H;. The van der Waals surface area contributed by atoms with Crippen molar-refractivity contribution in [3.8, 4) is 10.4 Å². The van der Waals surface area contributed by atoms with Crippen LogP contribution in [0.2, 0.25) is 13.3 Å². The van der Waals surface area contributed by atoms with E-state index in [-0.39, 0.29) is 0 Å². The van der Waals surface area contributed by atoms with E-state index in [9.17, 15) is 0 Å². The number of rotatable bonds is 6. The molecule has 0 atom stereocenters. The van der Waals surface area contributed by atoms with Crippen molar-refractivity contribution in [2.24, 2.45) is 0 Å². The van der Waals surface area contributed by atoms with Gasteiger partial charge in [-0.15, -0.1) is 0 Å². The zero-order chi connectivity index (χ0) is 9.45. The molecule has 0 amide bonds. The van der Waals surface area contributed by atoms with E-state index in [1.807, 2.05) is 18.2 Å². The van der Waals surface area contributed by atoms with Gasteiger partial charge < -0.3 is 0 Å². The molecule has 0 aromatic carbocycles. The summed E-state index contributed by atoms with van der Waals surface area (Å²) in [7, 11) is 0. The molecular weight excluding hydrogens is 251 g/mol. The third-order valence-electron chi connectivity index (χ3n) is 1.91. The Kier molecular flexibility index (Phi) is 5.92. The van der Waals surface area contributed by atoms with Crippen molar-refractivity contribution >= 4 is 18.4 Å². The molecule has 0 rings (SSSR count). The SMILES string of the molecule is C#[C][Sn]([CH2]C=C)([CH2]C=C)[CH2]C=C. The molecule has 0 saturated carbocycles. The fourth-order valence-corrected chi connectivity index (χ4v) is 8.42. The van der Waals surface area contributed by atoms with E-state index in [4.69, 9.17) is 6.42 Å². The summed E-state index contributed by atoms with van der Waals surface area (Å²) in [4.78, 5) is 0. The summed E-state index contributed by atoms with van der Waals surface area (Å²) < 4.78 is 6.11. The van der Waals surface area contributed by atoms with Gasteiger partial charge >= 0.3 is 80.0 Å². The molecule has 12 heavy (non-hydrogen) atoms. The van der Waals surface area contributed by atoms with Gasteiger partial charge in [0.2, 0.25) is 0 Å². The molecule has 64 valence electrons. The van der Waals surface area contributed by atoms with Crippen molar-refractivity contribution in [1.29, 1.82) is 0 Å². The monoisotopic (exact) mass is 268 g/mol. The minimum atomic E-state index is -2.34. The van der Waals surface area contributed by atoms with Crippen molar-refractivity contribution in [1.82, 2.24) is 0 Å². The fraction of sp³-hybridized carbons (Fsp3) is 0.273. The van der Waals surface area contributed by atoms with Gasteiger partial charge in [-0.3, -0.25) is 0 Å². The first-order valence-electron chi connectivity index (χ1n) is 4.05. The summed E-state index contributed by atoms with van der Waals surface area (Å²) in [5.74, 6) is 0. The summed E-state index contributed by atoms with van der Waals surface area (Å²) in [6.07, 6.45) is 11.4. The number of allylic oxidation sites excluding steroid dienone is 3. The third-order valence-corrected chi connectivity index (χ3v) is 12.8. The Balaban J connectivity index is 4.49. The van der Waals surface area contributed by atoms with Gasteiger partial charge in [-0.1, -0.05) is 0 Å². The van der Waals surface area contributed by atoms with Gasteiger partial charge in [0.1, 0.15) is 0 Å². The second-order valence-electron chi connectivity index (χ2n) is 2.90. The van der Waals surface area contributed by atoms with Gasteiger partial charge in [0.15, 0.2) is 0 Å². The number of terminal acetylenes is 1. The third kappa shape index (κ3) is 3.32. The molecule has 0 aliphatic rings. The molecule has 0 aromatic heterocycles. The van der Waals surface area contributed by atoms with Gasteiger partial charge in [-0.2, -0.15) is 0 Å². The van der Waals surface area contributed by atoms with Gasteiger partial charge in [0, 0.05) is 0 Å². The normalized spacial score (nSPS) is 9.92. The molecule has 0 saturated heterocycles. The Morgan fingerprint density at radius 2 is 1.33 bits per heavy atom. The predicted octanol–water partition coefficient (Wildman–Crippen LogP) is 3.17. The van der Waals surface area contributed by atoms with Crippen molar-refractivity contribution < 1.29 is 0 Å². The van der Waals surface area contributed by atoms with Crippen molar-refractivity contribution in [3.05, 3.63) is 38.0 Å². The van der Waals surface area contributed by atoms with Gasteiger partial charge in [0.25, 0.3) is 0 Å². The van der Waals surface area contributed by atoms with E-state index in [2.05, 4.69) is 23.7 Å². The zero-order valence-corrected chi connectivity index (χ0v) is 10.4. The first kappa shape index (κ1) is 11.6. The van der Waals surface area contributed by atoms with E-state index in [1.165, 1.54) is 0 Å². The Morgan fingerprint density at radius 3 is 1.50 bits per heavy atom. The maximum atomic E-state index is 5.57. The Morgan fingerprint density at radius 1 is 1.00 bits per heavy atom. The molecule has 0 aliphatic heterocycles. The molecule has 0 spiro atoms. The molecule has 0 bridgehead atoms. The summed E-state index contributed by atoms with van der Waals surface area (Å²) >= 11 is -2.34. The molecular formula is C11H16Sn. The van der Waals surface area contributed by atoms with Crippen LogP contribution in [0.4, 0.5) is 0 Å². The van der Waals surface area contributed by atoms with Crippen molar-refractivity contribution in [2.45, 2.75) is 13.3 Å². The molecule has 1 heteroatoms. The molecule has 0 aromatic rings. The van der Waals surface area contributed by atoms with Crippen LogP contribution in [0.1, 0.15) is 0 Å². The summed E-state index contributed by atoms with van der Waals surface area (Å²) in [6.45, 7) is 11.2. The van der Waals surface area contributed by atoms with Crippen LogP contribution in [0, 0.1) is 10.4 Å². The Bertz CT molecular complexity index is 181. The molecule has 0 unspecified atom stereocenters. The Labute approximate surface area is 79.9 Å². The fourth-order valence-electron chi connectivity index (χ4n) is 1.26. The van der Waals surface area contributed by atoms with E-state index in [0.29, 0.717) is 0 Å². The van der Waals surface area contributed by atoms with Crippen LogP contribution in [0.25, 0.3) is 0 Å².